The smallest absolute Gasteiger partial charge is 0.131 e. The zero-order chi connectivity index (χ0) is 15.1. The van der Waals surface area contributed by atoms with Gasteiger partial charge in [-0.2, -0.15) is 0 Å². The molecule has 0 atom stereocenters. The van der Waals surface area contributed by atoms with Crippen LogP contribution < -0.4 is 10.2 Å². The van der Waals surface area contributed by atoms with E-state index in [2.05, 4.69) is 54.6 Å². The molecule has 0 unspecified atom stereocenters. The van der Waals surface area contributed by atoms with Gasteiger partial charge in [0.05, 0.1) is 6.54 Å². The lowest BCUT2D eigenvalue weighted by atomic mass is 10.2. The van der Waals surface area contributed by atoms with Crippen molar-refractivity contribution < 1.29 is 0 Å². The van der Waals surface area contributed by atoms with E-state index in [1.165, 1.54) is 16.0 Å². The number of pyridine rings is 1. The molecule has 0 spiro atoms. The van der Waals surface area contributed by atoms with Crippen LogP contribution in [0.1, 0.15) is 36.3 Å². The number of anilines is 1. The molecule has 0 fully saturated rings. The van der Waals surface area contributed by atoms with Gasteiger partial charge >= 0.3 is 0 Å². The highest BCUT2D eigenvalue weighted by atomic mass is 32.1. The van der Waals surface area contributed by atoms with Crippen molar-refractivity contribution in [2.45, 2.75) is 40.3 Å². The van der Waals surface area contributed by atoms with Crippen LogP contribution in [-0.2, 0) is 13.1 Å². The maximum Gasteiger partial charge on any atom is 0.131 e. The molecule has 0 bridgehead atoms. The fourth-order valence-electron chi connectivity index (χ4n) is 2.39. The first-order valence-corrected chi connectivity index (χ1v) is 8.56. The van der Waals surface area contributed by atoms with E-state index in [1.54, 1.807) is 11.3 Å². The summed E-state index contributed by atoms with van der Waals surface area (Å²) in [7, 11) is 0. The van der Waals surface area contributed by atoms with E-state index in [4.69, 9.17) is 4.98 Å². The Morgan fingerprint density at radius 3 is 2.81 bits per heavy atom. The average Bonchev–Trinajstić information content (AvgIpc) is 2.99. The summed E-state index contributed by atoms with van der Waals surface area (Å²) < 4.78 is 0. The van der Waals surface area contributed by atoms with Crippen LogP contribution in [-0.4, -0.2) is 18.1 Å². The number of rotatable bonds is 8. The second-order valence-electron chi connectivity index (χ2n) is 5.25. The minimum Gasteiger partial charge on any atom is -0.352 e. The van der Waals surface area contributed by atoms with Crippen molar-refractivity contribution >= 4 is 17.2 Å². The Morgan fingerprint density at radius 2 is 2.19 bits per heavy atom. The number of thiophene rings is 1. The zero-order valence-corrected chi connectivity index (χ0v) is 14.0. The molecular weight excluding hydrogens is 278 g/mol. The number of hydrogen-bond donors (Lipinski definition) is 1. The monoisotopic (exact) mass is 303 g/mol. The van der Waals surface area contributed by atoms with Crippen molar-refractivity contribution in [3.63, 3.8) is 0 Å². The van der Waals surface area contributed by atoms with E-state index >= 15 is 0 Å². The Bertz CT molecular complexity index is 537. The van der Waals surface area contributed by atoms with E-state index in [0.29, 0.717) is 0 Å². The van der Waals surface area contributed by atoms with Gasteiger partial charge in [0, 0.05) is 24.2 Å². The van der Waals surface area contributed by atoms with Crippen molar-refractivity contribution in [3.05, 3.63) is 45.8 Å². The molecule has 0 radical (unpaired) electrons. The molecule has 3 nitrogen and oxygen atoms in total. The summed E-state index contributed by atoms with van der Waals surface area (Å²) in [6, 6.07) is 6.55. The average molecular weight is 303 g/mol. The van der Waals surface area contributed by atoms with Gasteiger partial charge in [-0.05, 0) is 55.5 Å². The summed E-state index contributed by atoms with van der Waals surface area (Å²) in [6.45, 7) is 10.4. The van der Waals surface area contributed by atoms with Gasteiger partial charge in [-0.1, -0.05) is 13.0 Å². The van der Waals surface area contributed by atoms with Crippen molar-refractivity contribution in [3.8, 4) is 0 Å². The molecule has 114 valence electrons. The lowest BCUT2D eigenvalue weighted by Crippen LogP contribution is -2.24. The topological polar surface area (TPSA) is 28.2 Å². The predicted molar refractivity (Wildman–Crippen MR) is 92.0 cm³/mol. The molecule has 2 aromatic heterocycles. The van der Waals surface area contributed by atoms with Crippen LogP contribution in [0.15, 0.2) is 29.8 Å². The summed E-state index contributed by atoms with van der Waals surface area (Å²) in [6.07, 6.45) is 3.16. The van der Waals surface area contributed by atoms with Gasteiger partial charge in [0.1, 0.15) is 5.82 Å². The van der Waals surface area contributed by atoms with Crippen LogP contribution >= 0.6 is 11.3 Å². The number of nitrogens with zero attached hydrogens (tertiary/aromatic N) is 2. The summed E-state index contributed by atoms with van der Waals surface area (Å²) in [5.74, 6) is 1.10. The molecule has 4 heteroatoms. The summed E-state index contributed by atoms with van der Waals surface area (Å²) in [4.78, 5) is 8.42. The summed E-state index contributed by atoms with van der Waals surface area (Å²) in [5.41, 5.74) is 2.51. The van der Waals surface area contributed by atoms with Crippen molar-refractivity contribution in [2.24, 2.45) is 0 Å². The molecule has 0 aliphatic carbocycles. The predicted octanol–water partition coefficient (Wildman–Crippen LogP) is 3.98. The summed E-state index contributed by atoms with van der Waals surface area (Å²) in [5, 5.41) is 5.56. The fourth-order valence-corrected chi connectivity index (χ4v) is 3.11. The third-order valence-corrected chi connectivity index (χ3v) is 4.33. The number of hydrogen-bond acceptors (Lipinski definition) is 4. The van der Waals surface area contributed by atoms with Gasteiger partial charge in [0.15, 0.2) is 0 Å². The van der Waals surface area contributed by atoms with E-state index in [-0.39, 0.29) is 0 Å². The van der Waals surface area contributed by atoms with Crippen molar-refractivity contribution in [1.82, 2.24) is 10.3 Å². The van der Waals surface area contributed by atoms with Crippen molar-refractivity contribution in [1.29, 1.82) is 0 Å². The lowest BCUT2D eigenvalue weighted by Gasteiger charge is -2.23. The van der Waals surface area contributed by atoms with Gasteiger partial charge in [-0.15, -0.1) is 11.3 Å². The Morgan fingerprint density at radius 1 is 1.33 bits per heavy atom. The zero-order valence-electron chi connectivity index (χ0n) is 13.2. The highest BCUT2D eigenvalue weighted by molar-refractivity contribution is 7.09. The maximum atomic E-state index is 4.70. The molecule has 0 amide bonds. The van der Waals surface area contributed by atoms with Crippen LogP contribution in [0.3, 0.4) is 0 Å². The Labute approximate surface area is 132 Å². The number of aryl methyl sites for hydroxylation is 1. The van der Waals surface area contributed by atoms with E-state index < -0.39 is 0 Å². The van der Waals surface area contributed by atoms with Crippen LogP contribution in [0.5, 0.6) is 0 Å². The molecule has 0 aromatic carbocycles. The van der Waals surface area contributed by atoms with Crippen LogP contribution in [0.25, 0.3) is 0 Å². The largest absolute Gasteiger partial charge is 0.352 e. The number of aromatic nitrogens is 1. The molecule has 2 heterocycles. The third-order valence-electron chi connectivity index (χ3n) is 3.47. The van der Waals surface area contributed by atoms with Gasteiger partial charge in [0.25, 0.3) is 0 Å². The first-order chi connectivity index (χ1) is 10.2. The molecule has 0 aliphatic heterocycles. The van der Waals surface area contributed by atoms with Gasteiger partial charge in [-0.3, -0.25) is 0 Å². The van der Waals surface area contributed by atoms with Crippen LogP contribution in [0, 0.1) is 6.92 Å². The minimum absolute atomic E-state index is 0.902. The van der Waals surface area contributed by atoms with Gasteiger partial charge in [-0.25, -0.2) is 4.98 Å². The Kier molecular flexibility index (Phi) is 6.21. The van der Waals surface area contributed by atoms with Crippen LogP contribution in [0.4, 0.5) is 5.82 Å². The fraction of sp³-hybridized carbons (Fsp3) is 0.471. The van der Waals surface area contributed by atoms with E-state index in [1.807, 2.05) is 6.20 Å². The standard InChI is InChI=1S/C17H25N3S/c1-4-8-18-11-15-10-14(3)17(19-12-15)20(5-2)13-16-7-6-9-21-16/h6-7,9-10,12,18H,4-5,8,11,13H2,1-3H3. The minimum atomic E-state index is 0.902. The molecule has 21 heavy (non-hydrogen) atoms. The van der Waals surface area contributed by atoms with Crippen molar-refractivity contribution in [2.75, 3.05) is 18.0 Å². The molecule has 2 aromatic rings. The second kappa shape index (κ2) is 8.15. The Hall–Kier alpha value is -1.39. The quantitative estimate of drug-likeness (QED) is 0.748. The van der Waals surface area contributed by atoms with Crippen LogP contribution in [0.2, 0.25) is 0 Å². The number of nitrogens with one attached hydrogen (secondary N) is 1. The molecule has 0 aliphatic rings. The first kappa shape index (κ1) is 16.0. The normalized spacial score (nSPS) is 10.8. The van der Waals surface area contributed by atoms with E-state index in [9.17, 15) is 0 Å². The lowest BCUT2D eigenvalue weighted by molar-refractivity contribution is 0.673. The first-order valence-electron chi connectivity index (χ1n) is 7.68. The van der Waals surface area contributed by atoms with Gasteiger partial charge < -0.3 is 10.2 Å². The molecule has 2 rings (SSSR count). The highest BCUT2D eigenvalue weighted by Crippen LogP contribution is 2.21. The summed E-state index contributed by atoms with van der Waals surface area (Å²) >= 11 is 1.80. The second-order valence-corrected chi connectivity index (χ2v) is 6.29. The molecule has 0 saturated heterocycles. The SMILES string of the molecule is CCCNCc1cnc(N(CC)Cc2cccs2)c(C)c1. The highest BCUT2D eigenvalue weighted by Gasteiger charge is 2.11. The molecule has 1 N–H and O–H groups in total. The maximum absolute atomic E-state index is 4.70. The van der Waals surface area contributed by atoms with E-state index in [0.717, 1.165) is 38.4 Å². The molecular formula is C17H25N3S. The molecule has 0 saturated carbocycles. The Balaban J connectivity index is 2.07. The third kappa shape index (κ3) is 4.55. The van der Waals surface area contributed by atoms with Gasteiger partial charge in [0.2, 0.25) is 0 Å².